The number of pyridine rings is 1. The Bertz CT molecular complexity index is 850. The maximum Gasteiger partial charge on any atom is 0.253 e. The highest BCUT2D eigenvalue weighted by Crippen LogP contribution is 2.36. The summed E-state index contributed by atoms with van der Waals surface area (Å²) in [5.74, 6) is -1.45. The summed E-state index contributed by atoms with van der Waals surface area (Å²) >= 11 is 0. The van der Waals surface area contributed by atoms with Gasteiger partial charge in [0.2, 0.25) is 12.3 Å². The number of fused-ring (bicyclic) bond motifs is 1. The fourth-order valence-electron chi connectivity index (χ4n) is 3.59. The fourth-order valence-corrected chi connectivity index (χ4v) is 3.59. The van der Waals surface area contributed by atoms with Crippen molar-refractivity contribution in [1.82, 2.24) is 20.2 Å². The van der Waals surface area contributed by atoms with Crippen LogP contribution in [0, 0.1) is 11.8 Å². The van der Waals surface area contributed by atoms with Crippen LogP contribution in [0.2, 0.25) is 0 Å². The lowest BCUT2D eigenvalue weighted by molar-refractivity contribution is -0.126. The molecule has 0 saturated heterocycles. The highest BCUT2D eigenvalue weighted by molar-refractivity contribution is 6.00. The molecule has 0 spiro atoms. The molecule has 2 N–H and O–H groups in total. The van der Waals surface area contributed by atoms with Gasteiger partial charge in [-0.1, -0.05) is 13.3 Å². The quantitative estimate of drug-likeness (QED) is 0.725. The molecule has 2 aromatic rings. The molecule has 2 atom stereocenters. The van der Waals surface area contributed by atoms with Crippen LogP contribution >= 0.6 is 0 Å². The molecule has 8 heteroatoms. The summed E-state index contributed by atoms with van der Waals surface area (Å²) in [6, 6.07) is 5.22. The van der Waals surface area contributed by atoms with E-state index in [1.165, 1.54) is 6.92 Å². The Kier molecular flexibility index (Phi) is 5.96. The first-order valence-electron chi connectivity index (χ1n) is 9.60. The third-order valence-corrected chi connectivity index (χ3v) is 5.67. The van der Waals surface area contributed by atoms with E-state index in [2.05, 4.69) is 15.7 Å². The van der Waals surface area contributed by atoms with Gasteiger partial charge in [-0.2, -0.15) is 5.10 Å². The Morgan fingerprint density at radius 1 is 1.36 bits per heavy atom. The molecule has 0 aliphatic heterocycles. The summed E-state index contributed by atoms with van der Waals surface area (Å²) in [4.78, 5) is 25.0. The molecule has 152 valence electrons. The zero-order chi connectivity index (χ0) is 20.3. The zero-order valence-corrected chi connectivity index (χ0v) is 16.1. The first-order valence-corrected chi connectivity index (χ1v) is 9.60. The SMILES string of the molecule is CC(CC(=O)NC(C)(CNC(=O)c1cccn2nccc12)C1CCC1)C(F)F. The lowest BCUT2D eigenvalue weighted by atomic mass is 9.71. The van der Waals surface area contributed by atoms with E-state index in [1.807, 2.05) is 6.92 Å². The zero-order valence-electron chi connectivity index (χ0n) is 16.1. The molecule has 3 rings (SSSR count). The number of halogens is 2. The molecule has 0 bridgehead atoms. The second-order valence-corrected chi connectivity index (χ2v) is 7.87. The second kappa shape index (κ2) is 8.24. The average Bonchev–Trinajstić information content (AvgIpc) is 3.06. The van der Waals surface area contributed by atoms with E-state index < -0.39 is 23.8 Å². The molecule has 1 fully saturated rings. The van der Waals surface area contributed by atoms with E-state index in [0.717, 1.165) is 19.3 Å². The lowest BCUT2D eigenvalue weighted by Gasteiger charge is -2.43. The minimum absolute atomic E-state index is 0.212. The number of alkyl halides is 2. The number of amides is 2. The van der Waals surface area contributed by atoms with Crippen molar-refractivity contribution in [1.29, 1.82) is 0 Å². The van der Waals surface area contributed by atoms with Crippen LogP contribution < -0.4 is 10.6 Å². The minimum Gasteiger partial charge on any atom is -0.350 e. The first-order chi connectivity index (χ1) is 13.3. The molecule has 1 aliphatic carbocycles. The molecule has 2 heterocycles. The summed E-state index contributed by atoms with van der Waals surface area (Å²) < 4.78 is 27.1. The highest BCUT2D eigenvalue weighted by atomic mass is 19.3. The summed E-state index contributed by atoms with van der Waals surface area (Å²) in [5, 5.41) is 9.95. The summed E-state index contributed by atoms with van der Waals surface area (Å²) in [6.45, 7) is 3.47. The van der Waals surface area contributed by atoms with Crippen LogP contribution in [0.25, 0.3) is 5.52 Å². The van der Waals surface area contributed by atoms with Crippen molar-refractivity contribution in [3.63, 3.8) is 0 Å². The number of hydrogen-bond acceptors (Lipinski definition) is 3. The van der Waals surface area contributed by atoms with Gasteiger partial charge in [0.15, 0.2) is 0 Å². The van der Waals surface area contributed by atoms with Gasteiger partial charge in [0.05, 0.1) is 22.8 Å². The predicted molar refractivity (Wildman–Crippen MR) is 101 cm³/mol. The average molecular weight is 392 g/mol. The van der Waals surface area contributed by atoms with E-state index in [-0.39, 0.29) is 24.8 Å². The third kappa shape index (κ3) is 4.31. The second-order valence-electron chi connectivity index (χ2n) is 7.87. The Hall–Kier alpha value is -2.51. The molecular formula is C20H26F2N4O2. The van der Waals surface area contributed by atoms with Gasteiger partial charge < -0.3 is 10.6 Å². The number of carbonyl (C=O) groups is 2. The predicted octanol–water partition coefficient (Wildman–Crippen LogP) is 3.03. The van der Waals surface area contributed by atoms with E-state index in [9.17, 15) is 18.4 Å². The van der Waals surface area contributed by atoms with E-state index in [1.54, 1.807) is 35.1 Å². The van der Waals surface area contributed by atoms with Gasteiger partial charge in [0.25, 0.3) is 5.91 Å². The van der Waals surface area contributed by atoms with Crippen LogP contribution in [-0.4, -0.2) is 39.9 Å². The summed E-state index contributed by atoms with van der Waals surface area (Å²) in [7, 11) is 0. The van der Waals surface area contributed by atoms with Gasteiger partial charge in [-0.15, -0.1) is 0 Å². The van der Waals surface area contributed by atoms with Crippen molar-refractivity contribution >= 4 is 17.3 Å². The minimum atomic E-state index is -2.53. The Labute approximate surface area is 162 Å². The molecule has 0 aromatic carbocycles. The highest BCUT2D eigenvalue weighted by Gasteiger charge is 2.39. The van der Waals surface area contributed by atoms with Crippen LogP contribution in [-0.2, 0) is 4.79 Å². The van der Waals surface area contributed by atoms with Crippen molar-refractivity contribution < 1.29 is 18.4 Å². The number of rotatable bonds is 8. The van der Waals surface area contributed by atoms with Gasteiger partial charge in [0, 0.05) is 25.1 Å². The van der Waals surface area contributed by atoms with Gasteiger partial charge in [-0.25, -0.2) is 13.3 Å². The molecule has 1 aliphatic rings. The van der Waals surface area contributed by atoms with Crippen LogP contribution in [0.1, 0.15) is 49.9 Å². The van der Waals surface area contributed by atoms with Gasteiger partial charge in [0.1, 0.15) is 0 Å². The van der Waals surface area contributed by atoms with Crippen LogP contribution in [0.15, 0.2) is 30.6 Å². The van der Waals surface area contributed by atoms with E-state index in [4.69, 9.17) is 0 Å². The van der Waals surface area contributed by atoms with Crippen LogP contribution in [0.3, 0.4) is 0 Å². The number of nitrogens with one attached hydrogen (secondary N) is 2. The monoisotopic (exact) mass is 392 g/mol. The maximum atomic E-state index is 12.8. The van der Waals surface area contributed by atoms with Crippen molar-refractivity contribution in [3.05, 3.63) is 36.2 Å². The molecule has 2 unspecified atom stereocenters. The Morgan fingerprint density at radius 2 is 2.11 bits per heavy atom. The fraction of sp³-hybridized carbons (Fsp3) is 0.550. The molecular weight excluding hydrogens is 366 g/mol. The van der Waals surface area contributed by atoms with E-state index >= 15 is 0 Å². The van der Waals surface area contributed by atoms with Gasteiger partial charge in [-0.3, -0.25) is 9.59 Å². The van der Waals surface area contributed by atoms with Crippen molar-refractivity contribution in [3.8, 4) is 0 Å². The smallest absolute Gasteiger partial charge is 0.253 e. The Morgan fingerprint density at radius 3 is 2.75 bits per heavy atom. The molecule has 0 radical (unpaired) electrons. The number of carbonyl (C=O) groups excluding carboxylic acids is 2. The summed E-state index contributed by atoms with van der Waals surface area (Å²) in [5.41, 5.74) is 0.520. The van der Waals surface area contributed by atoms with Crippen LogP contribution in [0.4, 0.5) is 8.78 Å². The first kappa shape index (κ1) is 20.2. The lowest BCUT2D eigenvalue weighted by Crippen LogP contribution is -2.59. The van der Waals surface area contributed by atoms with Crippen LogP contribution in [0.5, 0.6) is 0 Å². The number of aromatic nitrogens is 2. The Balaban J connectivity index is 1.67. The molecule has 2 amide bonds. The van der Waals surface area contributed by atoms with E-state index in [0.29, 0.717) is 11.1 Å². The molecule has 6 nitrogen and oxygen atoms in total. The standard InChI is InChI=1S/C20H26F2N4O2/c1-13(18(21)22)11-17(27)25-20(2,14-5-3-6-14)12-23-19(28)15-7-4-10-26-16(15)8-9-24-26/h4,7-10,13-14,18H,3,5-6,11-12H2,1-2H3,(H,23,28)(H,25,27). The maximum absolute atomic E-state index is 12.8. The molecule has 28 heavy (non-hydrogen) atoms. The molecule has 1 saturated carbocycles. The summed E-state index contributed by atoms with van der Waals surface area (Å²) in [6.07, 6.45) is 3.56. The topological polar surface area (TPSA) is 75.5 Å². The number of nitrogens with zero attached hydrogens (tertiary/aromatic N) is 2. The van der Waals surface area contributed by atoms with Crippen molar-refractivity contribution in [2.24, 2.45) is 11.8 Å². The van der Waals surface area contributed by atoms with Gasteiger partial charge in [-0.05, 0) is 43.9 Å². The molecule has 2 aromatic heterocycles. The largest absolute Gasteiger partial charge is 0.350 e. The third-order valence-electron chi connectivity index (χ3n) is 5.67. The normalized spacial score (nSPS) is 17.8. The van der Waals surface area contributed by atoms with Crippen molar-refractivity contribution in [2.45, 2.75) is 51.5 Å². The van der Waals surface area contributed by atoms with Crippen molar-refractivity contribution in [2.75, 3.05) is 6.54 Å². The number of hydrogen-bond donors (Lipinski definition) is 2. The van der Waals surface area contributed by atoms with Gasteiger partial charge >= 0.3 is 0 Å².